The van der Waals surface area contributed by atoms with Crippen molar-refractivity contribution in [3.8, 4) is 0 Å². The van der Waals surface area contributed by atoms with Crippen LogP contribution < -0.4 is 0 Å². The first kappa shape index (κ1) is 10.7. The molecule has 2 heteroatoms. The van der Waals surface area contributed by atoms with E-state index in [0.717, 1.165) is 12.3 Å². The molecule has 0 aliphatic heterocycles. The Morgan fingerprint density at radius 2 is 1.83 bits per heavy atom. The topological polar surface area (TPSA) is 0 Å². The van der Waals surface area contributed by atoms with E-state index in [4.69, 9.17) is 23.2 Å². The van der Waals surface area contributed by atoms with Crippen LogP contribution in [0, 0.1) is 5.92 Å². The second kappa shape index (κ2) is 6.10. The largest absolute Gasteiger partial charge is 0.127 e. The molecule has 72 valence electrons. The highest BCUT2D eigenvalue weighted by Crippen LogP contribution is 2.29. The van der Waals surface area contributed by atoms with Gasteiger partial charge in [-0.25, -0.2) is 0 Å². The zero-order chi connectivity index (χ0) is 8.81. The Balaban J connectivity index is 2.11. The fraction of sp³-hybridized carbons (Fsp3) is 1.00. The lowest BCUT2D eigenvalue weighted by Gasteiger charge is -2.23. The fourth-order valence-electron chi connectivity index (χ4n) is 2.02. The zero-order valence-corrected chi connectivity index (χ0v) is 9.08. The molecule has 0 heterocycles. The van der Waals surface area contributed by atoms with E-state index in [0.29, 0.717) is 11.3 Å². The molecule has 0 saturated heterocycles. The summed E-state index contributed by atoms with van der Waals surface area (Å²) in [6.07, 6.45) is 9.20. The van der Waals surface area contributed by atoms with Crippen LogP contribution in [0.25, 0.3) is 0 Å². The smallest absolute Gasteiger partial charge is 0.0350 e. The Hall–Kier alpha value is 0.580. The molecule has 1 fully saturated rings. The molecule has 1 rings (SSSR count). The van der Waals surface area contributed by atoms with E-state index in [9.17, 15) is 0 Å². The van der Waals surface area contributed by atoms with Gasteiger partial charge < -0.3 is 0 Å². The third-order valence-electron chi connectivity index (χ3n) is 2.74. The highest BCUT2D eigenvalue weighted by atomic mass is 35.5. The lowest BCUT2D eigenvalue weighted by molar-refractivity contribution is 0.334. The molecular weight excluding hydrogens is 191 g/mol. The van der Waals surface area contributed by atoms with E-state index in [1.54, 1.807) is 0 Å². The van der Waals surface area contributed by atoms with Crippen molar-refractivity contribution >= 4 is 23.2 Å². The maximum absolute atomic E-state index is 6.13. The minimum atomic E-state index is 0.325. The van der Waals surface area contributed by atoms with Crippen molar-refractivity contribution in [2.75, 3.05) is 5.88 Å². The van der Waals surface area contributed by atoms with Crippen molar-refractivity contribution in [2.24, 2.45) is 5.92 Å². The summed E-state index contributed by atoms with van der Waals surface area (Å²) in [5.41, 5.74) is 0. The van der Waals surface area contributed by atoms with Gasteiger partial charge in [0.05, 0.1) is 0 Å². The third-order valence-corrected chi connectivity index (χ3v) is 3.35. The summed E-state index contributed by atoms with van der Waals surface area (Å²) in [6, 6.07) is 0. The molecule has 1 aliphatic rings. The highest BCUT2D eigenvalue weighted by Gasteiger charge is 2.16. The number of hydrogen-bond acceptors (Lipinski definition) is 0. The summed E-state index contributed by atoms with van der Waals surface area (Å²) in [4.78, 5) is 0. The third kappa shape index (κ3) is 4.00. The first-order valence-corrected chi connectivity index (χ1v) is 6.00. The molecule has 0 spiro atoms. The predicted octanol–water partition coefficient (Wildman–Crippen LogP) is 4.19. The molecular formula is C10H18Cl2. The summed E-state index contributed by atoms with van der Waals surface area (Å²) < 4.78 is 0. The van der Waals surface area contributed by atoms with Gasteiger partial charge in [0.25, 0.3) is 0 Å². The van der Waals surface area contributed by atoms with Crippen molar-refractivity contribution in [2.45, 2.75) is 50.3 Å². The van der Waals surface area contributed by atoms with Crippen LogP contribution in [0.2, 0.25) is 0 Å². The number of alkyl halides is 2. The fourth-order valence-corrected chi connectivity index (χ4v) is 2.76. The molecule has 1 atom stereocenters. The van der Waals surface area contributed by atoms with E-state index in [-0.39, 0.29) is 0 Å². The van der Waals surface area contributed by atoms with Crippen LogP contribution in [-0.4, -0.2) is 11.3 Å². The summed E-state index contributed by atoms with van der Waals surface area (Å²) in [5.74, 6) is 1.60. The number of hydrogen-bond donors (Lipinski definition) is 0. The maximum atomic E-state index is 6.13. The second-order valence-corrected chi connectivity index (χ2v) is 4.81. The van der Waals surface area contributed by atoms with Crippen LogP contribution in [0.4, 0.5) is 0 Å². The molecule has 0 N–H and O–H groups in total. The summed E-state index contributed by atoms with van der Waals surface area (Å²) in [6.45, 7) is 0. The number of rotatable bonds is 4. The molecule has 1 unspecified atom stereocenters. The van der Waals surface area contributed by atoms with Gasteiger partial charge in [-0.3, -0.25) is 0 Å². The van der Waals surface area contributed by atoms with Crippen LogP contribution in [0.15, 0.2) is 0 Å². The van der Waals surface area contributed by atoms with E-state index < -0.39 is 0 Å². The summed E-state index contributed by atoms with van der Waals surface area (Å²) in [5, 5.41) is 0.325. The van der Waals surface area contributed by atoms with E-state index in [2.05, 4.69) is 0 Å². The van der Waals surface area contributed by atoms with Crippen molar-refractivity contribution in [3.05, 3.63) is 0 Å². The molecule has 1 saturated carbocycles. The number of halogens is 2. The molecule has 0 amide bonds. The summed E-state index contributed by atoms with van der Waals surface area (Å²) >= 11 is 11.8. The Morgan fingerprint density at radius 3 is 2.42 bits per heavy atom. The molecule has 0 aromatic rings. The van der Waals surface area contributed by atoms with Gasteiger partial charge in [0.15, 0.2) is 0 Å². The first-order valence-electron chi connectivity index (χ1n) is 5.03. The normalized spacial score (nSPS) is 22.5. The van der Waals surface area contributed by atoms with Crippen molar-refractivity contribution in [1.29, 1.82) is 0 Å². The van der Waals surface area contributed by atoms with Crippen molar-refractivity contribution in [3.63, 3.8) is 0 Å². The Bertz CT molecular complexity index is 108. The monoisotopic (exact) mass is 208 g/mol. The molecule has 1 aliphatic carbocycles. The molecule has 0 bridgehead atoms. The van der Waals surface area contributed by atoms with Crippen LogP contribution >= 0.6 is 23.2 Å². The first-order chi connectivity index (χ1) is 5.83. The van der Waals surface area contributed by atoms with Crippen molar-refractivity contribution in [1.82, 2.24) is 0 Å². The SMILES string of the molecule is ClCCC(Cl)CC1CCCCC1. The van der Waals surface area contributed by atoms with Crippen LogP contribution in [0.5, 0.6) is 0 Å². The van der Waals surface area contributed by atoms with Gasteiger partial charge in [-0.05, 0) is 18.8 Å². The quantitative estimate of drug-likeness (QED) is 0.609. The predicted molar refractivity (Wildman–Crippen MR) is 56.2 cm³/mol. The van der Waals surface area contributed by atoms with Gasteiger partial charge in [-0.2, -0.15) is 0 Å². The standard InChI is InChI=1S/C10H18Cl2/c11-7-6-10(12)8-9-4-2-1-3-5-9/h9-10H,1-8H2. The molecule has 0 radical (unpaired) electrons. The van der Waals surface area contributed by atoms with Crippen LogP contribution in [0.3, 0.4) is 0 Å². The van der Waals surface area contributed by atoms with Gasteiger partial charge >= 0.3 is 0 Å². The van der Waals surface area contributed by atoms with Gasteiger partial charge in [-0.15, -0.1) is 23.2 Å². The van der Waals surface area contributed by atoms with Crippen molar-refractivity contribution < 1.29 is 0 Å². The van der Waals surface area contributed by atoms with E-state index >= 15 is 0 Å². The van der Waals surface area contributed by atoms with Gasteiger partial charge in [-0.1, -0.05) is 32.1 Å². The molecule has 0 aromatic heterocycles. The van der Waals surface area contributed by atoms with Crippen LogP contribution in [-0.2, 0) is 0 Å². The minimum absolute atomic E-state index is 0.325. The average molecular weight is 209 g/mol. The lowest BCUT2D eigenvalue weighted by Crippen LogP contribution is -2.12. The lowest BCUT2D eigenvalue weighted by atomic mass is 9.86. The molecule has 0 nitrogen and oxygen atoms in total. The maximum Gasteiger partial charge on any atom is 0.0350 e. The van der Waals surface area contributed by atoms with Crippen LogP contribution in [0.1, 0.15) is 44.9 Å². The van der Waals surface area contributed by atoms with Gasteiger partial charge in [0, 0.05) is 11.3 Å². The Morgan fingerprint density at radius 1 is 1.17 bits per heavy atom. The Kier molecular flexibility index (Phi) is 5.42. The van der Waals surface area contributed by atoms with Gasteiger partial charge in [0.1, 0.15) is 0 Å². The van der Waals surface area contributed by atoms with Gasteiger partial charge in [0.2, 0.25) is 0 Å². The molecule has 12 heavy (non-hydrogen) atoms. The summed E-state index contributed by atoms with van der Waals surface area (Å²) in [7, 11) is 0. The van der Waals surface area contributed by atoms with E-state index in [1.165, 1.54) is 38.5 Å². The zero-order valence-electron chi connectivity index (χ0n) is 7.57. The van der Waals surface area contributed by atoms with E-state index in [1.807, 2.05) is 0 Å². The molecule has 0 aromatic carbocycles. The second-order valence-electron chi connectivity index (χ2n) is 3.81. The average Bonchev–Trinajstić information content (AvgIpc) is 2.06. The Labute approximate surface area is 85.6 Å². The highest BCUT2D eigenvalue weighted by molar-refractivity contribution is 6.22. The minimum Gasteiger partial charge on any atom is -0.127 e.